The molecule has 2 nitrogen and oxygen atoms in total. The molecule has 0 aliphatic heterocycles. The van der Waals surface area contributed by atoms with Crippen molar-refractivity contribution in [2.24, 2.45) is 0 Å². The molecule has 0 unspecified atom stereocenters. The second kappa shape index (κ2) is 10.7. The van der Waals surface area contributed by atoms with Gasteiger partial charge in [0.25, 0.3) is 0 Å². The molecule has 2 aliphatic rings. The van der Waals surface area contributed by atoms with Crippen LogP contribution < -0.4 is 0 Å². The van der Waals surface area contributed by atoms with Gasteiger partial charge in [0.2, 0.25) is 0 Å². The summed E-state index contributed by atoms with van der Waals surface area (Å²) < 4.78 is 0. The number of benzene rings is 7. The van der Waals surface area contributed by atoms with Gasteiger partial charge < -0.3 is 0 Å². The van der Waals surface area contributed by atoms with Crippen LogP contribution in [0.15, 0.2) is 170 Å². The number of fused-ring (bicyclic) bond motifs is 10. The molecule has 2 heteroatoms. The lowest BCUT2D eigenvalue weighted by molar-refractivity contribution is 0.563. The predicted octanol–water partition coefficient (Wildman–Crippen LogP) is 11.6. The zero-order chi connectivity index (χ0) is 33.5. The van der Waals surface area contributed by atoms with E-state index < -0.39 is 5.41 Å². The lowest BCUT2D eigenvalue weighted by Gasteiger charge is -2.46. The topological polar surface area (TPSA) is 25.8 Å². The molecule has 0 radical (unpaired) electrons. The second-order valence-corrected chi connectivity index (χ2v) is 14.1. The molecule has 0 saturated carbocycles. The van der Waals surface area contributed by atoms with Gasteiger partial charge in [-0.3, -0.25) is 0 Å². The van der Waals surface area contributed by atoms with Crippen LogP contribution in [0.5, 0.6) is 0 Å². The third kappa shape index (κ3) is 3.96. The Labute approximate surface area is 292 Å². The average molecular weight is 639 g/mol. The van der Waals surface area contributed by atoms with Gasteiger partial charge in [-0.1, -0.05) is 166 Å². The Bertz CT molecular complexity index is 2570. The highest BCUT2D eigenvalue weighted by atomic mass is 14.9. The Morgan fingerprint density at radius 2 is 0.960 bits per heavy atom. The van der Waals surface area contributed by atoms with E-state index in [9.17, 15) is 0 Å². The Balaban J connectivity index is 1.12. The zero-order valence-corrected chi connectivity index (χ0v) is 28.1. The van der Waals surface area contributed by atoms with Crippen molar-refractivity contribution in [1.82, 2.24) is 9.97 Å². The SMILES string of the molecule is CC1(C)c2ccccc2C2(c3ccccc3-c3ccccc32)c2cc(-c3ccc(-c4cccc5nc(-c6ccccc6)ncc45)cc3)ccc21. The van der Waals surface area contributed by atoms with E-state index in [-0.39, 0.29) is 5.41 Å². The van der Waals surface area contributed by atoms with Crippen molar-refractivity contribution in [1.29, 1.82) is 0 Å². The highest BCUT2D eigenvalue weighted by Gasteiger charge is 2.53. The van der Waals surface area contributed by atoms with Gasteiger partial charge in [0.1, 0.15) is 0 Å². The van der Waals surface area contributed by atoms with Crippen molar-refractivity contribution in [2.45, 2.75) is 24.7 Å². The molecular weight excluding hydrogens is 605 g/mol. The van der Waals surface area contributed by atoms with E-state index in [1.807, 2.05) is 24.4 Å². The van der Waals surface area contributed by atoms with Crippen LogP contribution in [-0.2, 0) is 10.8 Å². The van der Waals surface area contributed by atoms with Gasteiger partial charge >= 0.3 is 0 Å². The summed E-state index contributed by atoms with van der Waals surface area (Å²) in [4.78, 5) is 9.67. The number of aromatic nitrogens is 2. The zero-order valence-electron chi connectivity index (χ0n) is 28.1. The molecule has 7 aromatic carbocycles. The lowest BCUT2D eigenvalue weighted by Crippen LogP contribution is -2.40. The fourth-order valence-corrected chi connectivity index (χ4v) is 8.91. The highest BCUT2D eigenvalue weighted by Crippen LogP contribution is 2.62. The summed E-state index contributed by atoms with van der Waals surface area (Å²) in [6.45, 7) is 4.77. The monoisotopic (exact) mass is 638 g/mol. The van der Waals surface area contributed by atoms with E-state index in [4.69, 9.17) is 9.97 Å². The Hall–Kier alpha value is -6.12. The first-order chi connectivity index (χ1) is 24.5. The Kier molecular flexibility index (Phi) is 6.17. The quantitative estimate of drug-likeness (QED) is 0.192. The maximum atomic E-state index is 4.92. The van der Waals surface area contributed by atoms with Gasteiger partial charge in [0, 0.05) is 22.6 Å². The van der Waals surface area contributed by atoms with Crippen molar-refractivity contribution >= 4 is 10.9 Å². The van der Waals surface area contributed by atoms with Crippen LogP contribution in [-0.4, -0.2) is 9.97 Å². The molecule has 0 saturated heterocycles. The van der Waals surface area contributed by atoms with E-state index in [2.05, 4.69) is 159 Å². The minimum atomic E-state index is -0.397. The molecule has 8 aromatic rings. The van der Waals surface area contributed by atoms with Crippen LogP contribution in [0.4, 0.5) is 0 Å². The highest BCUT2D eigenvalue weighted by molar-refractivity contribution is 5.95. The van der Waals surface area contributed by atoms with E-state index in [0.29, 0.717) is 0 Å². The van der Waals surface area contributed by atoms with E-state index in [1.54, 1.807) is 0 Å². The van der Waals surface area contributed by atoms with Gasteiger partial charge in [-0.05, 0) is 78.9 Å². The molecule has 0 atom stereocenters. The first-order valence-corrected chi connectivity index (χ1v) is 17.4. The van der Waals surface area contributed by atoms with Crippen molar-refractivity contribution in [3.05, 3.63) is 203 Å². The van der Waals surface area contributed by atoms with Crippen LogP contribution in [0.2, 0.25) is 0 Å². The molecule has 0 bridgehead atoms. The van der Waals surface area contributed by atoms with Gasteiger partial charge in [0.15, 0.2) is 5.82 Å². The molecule has 1 spiro atoms. The van der Waals surface area contributed by atoms with Crippen molar-refractivity contribution < 1.29 is 0 Å². The number of rotatable bonds is 3. The molecule has 2 aliphatic carbocycles. The van der Waals surface area contributed by atoms with Crippen molar-refractivity contribution in [3.63, 3.8) is 0 Å². The summed E-state index contributed by atoms with van der Waals surface area (Å²) in [6.07, 6.45) is 1.97. The van der Waals surface area contributed by atoms with E-state index in [0.717, 1.165) is 33.4 Å². The fraction of sp³-hybridized carbons (Fsp3) is 0.0833. The minimum Gasteiger partial charge on any atom is -0.236 e. The van der Waals surface area contributed by atoms with Gasteiger partial charge in [0.05, 0.1) is 10.9 Å². The summed E-state index contributed by atoms with van der Waals surface area (Å²) in [5.41, 5.74) is 17.1. The van der Waals surface area contributed by atoms with Crippen LogP contribution in [0.25, 0.3) is 55.7 Å². The second-order valence-electron chi connectivity index (χ2n) is 14.1. The molecule has 0 fully saturated rings. The summed E-state index contributed by atoms with van der Waals surface area (Å²) in [6, 6.07) is 59.9. The van der Waals surface area contributed by atoms with Crippen LogP contribution in [0.3, 0.4) is 0 Å². The molecule has 50 heavy (non-hydrogen) atoms. The number of hydrogen-bond acceptors (Lipinski definition) is 2. The van der Waals surface area contributed by atoms with E-state index >= 15 is 0 Å². The maximum Gasteiger partial charge on any atom is 0.159 e. The first-order valence-electron chi connectivity index (χ1n) is 17.4. The van der Waals surface area contributed by atoms with Gasteiger partial charge in [-0.2, -0.15) is 0 Å². The standard InChI is InChI=1S/C48H34N2/c1-47(2)41-20-10-11-21-43(41)48(39-18-8-6-15-36(39)37-16-7-9-19-40(37)48)44-29-34(27-28-42(44)47)31-23-25-32(26-24-31)35-17-12-22-45-38(35)30-49-46(50-45)33-13-4-3-5-14-33/h3-30H,1-2H3. The van der Waals surface area contributed by atoms with Crippen molar-refractivity contribution in [3.8, 4) is 44.8 Å². The Morgan fingerprint density at radius 3 is 1.68 bits per heavy atom. The largest absolute Gasteiger partial charge is 0.236 e. The molecule has 236 valence electrons. The van der Waals surface area contributed by atoms with Crippen LogP contribution in [0.1, 0.15) is 47.2 Å². The van der Waals surface area contributed by atoms with Crippen molar-refractivity contribution in [2.75, 3.05) is 0 Å². The normalized spacial score (nSPS) is 14.5. The first kappa shape index (κ1) is 28.9. The molecule has 10 rings (SSSR count). The summed E-state index contributed by atoms with van der Waals surface area (Å²) in [7, 11) is 0. The number of hydrogen-bond donors (Lipinski definition) is 0. The third-order valence-corrected chi connectivity index (χ3v) is 11.2. The van der Waals surface area contributed by atoms with Crippen LogP contribution in [0, 0.1) is 0 Å². The Morgan fingerprint density at radius 1 is 0.400 bits per heavy atom. The van der Waals surface area contributed by atoms with Gasteiger partial charge in [-0.25, -0.2) is 9.97 Å². The minimum absolute atomic E-state index is 0.150. The summed E-state index contributed by atoms with van der Waals surface area (Å²) in [5.74, 6) is 0.745. The molecule has 0 amide bonds. The molecule has 1 aromatic heterocycles. The van der Waals surface area contributed by atoms with Gasteiger partial charge in [-0.15, -0.1) is 0 Å². The summed E-state index contributed by atoms with van der Waals surface area (Å²) >= 11 is 0. The molecular formula is C48H34N2. The fourth-order valence-electron chi connectivity index (χ4n) is 8.91. The van der Waals surface area contributed by atoms with Crippen LogP contribution >= 0.6 is 0 Å². The average Bonchev–Trinajstić information content (AvgIpc) is 3.48. The molecule has 0 N–H and O–H groups in total. The predicted molar refractivity (Wildman–Crippen MR) is 205 cm³/mol. The lowest BCUT2D eigenvalue weighted by atomic mass is 9.55. The smallest absolute Gasteiger partial charge is 0.159 e. The van der Waals surface area contributed by atoms with E-state index in [1.165, 1.54) is 55.6 Å². The maximum absolute atomic E-state index is 4.92. The number of nitrogens with zero attached hydrogens (tertiary/aromatic N) is 2. The summed E-state index contributed by atoms with van der Waals surface area (Å²) in [5, 5.41) is 1.05. The third-order valence-electron chi connectivity index (χ3n) is 11.2. The molecule has 1 heterocycles.